The minimum absolute atomic E-state index is 0.115. The van der Waals surface area contributed by atoms with E-state index in [0.717, 1.165) is 0 Å². The number of carbonyl (C=O) groups excluding carboxylic acids is 2. The number of benzene rings is 3. The Morgan fingerprint density at radius 3 is 2.24 bits per heavy atom. The molecule has 0 heterocycles. The van der Waals surface area contributed by atoms with Crippen molar-refractivity contribution in [3.8, 4) is 5.75 Å². The molecule has 8 heteroatoms. The number of rotatable bonds is 9. The van der Waals surface area contributed by atoms with Gasteiger partial charge in [0.2, 0.25) is 15.9 Å². The molecule has 3 aromatic rings. The van der Waals surface area contributed by atoms with Crippen molar-refractivity contribution in [3.05, 3.63) is 90.0 Å². The summed E-state index contributed by atoms with van der Waals surface area (Å²) in [6, 6.07) is 20.8. The summed E-state index contributed by atoms with van der Waals surface area (Å²) in [5.74, 6) is 0.124. The Labute approximate surface area is 194 Å². The summed E-state index contributed by atoms with van der Waals surface area (Å²) < 4.78 is 32.9. The van der Waals surface area contributed by atoms with Gasteiger partial charge in [-0.25, -0.2) is 8.42 Å². The van der Waals surface area contributed by atoms with Gasteiger partial charge >= 0.3 is 0 Å². The number of nitrogens with one attached hydrogen (secondary N) is 1. The van der Waals surface area contributed by atoms with Gasteiger partial charge in [0.1, 0.15) is 5.75 Å². The highest BCUT2D eigenvalue weighted by atomic mass is 32.2. The zero-order valence-corrected chi connectivity index (χ0v) is 19.5. The van der Waals surface area contributed by atoms with E-state index in [-0.39, 0.29) is 23.0 Å². The molecule has 1 N–H and O–H groups in total. The monoisotopic (exact) mass is 466 g/mol. The van der Waals surface area contributed by atoms with Crippen LogP contribution in [0.4, 0.5) is 5.69 Å². The van der Waals surface area contributed by atoms with E-state index in [1.165, 1.54) is 30.4 Å². The largest absolute Gasteiger partial charge is 0.497 e. The fourth-order valence-electron chi connectivity index (χ4n) is 3.41. The number of Topliss-reactive ketones (excluding diaryl/α,β-unsaturated/α-hetero) is 1. The molecule has 3 rings (SSSR count). The zero-order valence-electron chi connectivity index (χ0n) is 18.7. The highest BCUT2D eigenvalue weighted by molar-refractivity contribution is 7.89. The molecule has 0 aromatic heterocycles. The number of amides is 1. The first-order chi connectivity index (χ1) is 15.7. The summed E-state index contributed by atoms with van der Waals surface area (Å²) in [4.78, 5) is 24.7. The smallest absolute Gasteiger partial charge is 0.243 e. The van der Waals surface area contributed by atoms with E-state index in [1.54, 1.807) is 73.8 Å². The number of hydrogen-bond donors (Lipinski definition) is 1. The molecule has 1 amide bonds. The molecule has 0 aliphatic rings. The summed E-state index contributed by atoms with van der Waals surface area (Å²) in [6.45, 7) is 1.45. The SMILES string of the molecule is COc1ccc([C@@H](CC(=O)Nc2cccc(C(C)=O)c2)N(C)S(=O)(=O)c2ccccc2)cc1. The van der Waals surface area contributed by atoms with E-state index in [1.807, 2.05) is 0 Å². The number of methoxy groups -OCH3 is 1. The number of hydrogen-bond acceptors (Lipinski definition) is 5. The number of ketones is 1. The summed E-state index contributed by atoms with van der Waals surface area (Å²) >= 11 is 0. The Kier molecular flexibility index (Phi) is 7.63. The topological polar surface area (TPSA) is 92.8 Å². The van der Waals surface area contributed by atoms with Crippen molar-refractivity contribution in [1.29, 1.82) is 0 Å². The standard InChI is InChI=1S/C25H26N2O5S/c1-18(28)20-8-7-9-21(16-20)26-25(29)17-24(19-12-14-22(32-3)15-13-19)27(2)33(30,31)23-10-5-4-6-11-23/h4-16,24H,17H2,1-3H3,(H,26,29)/t24-/m1/s1. The van der Waals surface area contributed by atoms with Crippen LogP contribution in [0.25, 0.3) is 0 Å². The van der Waals surface area contributed by atoms with Gasteiger partial charge in [0, 0.05) is 24.7 Å². The average molecular weight is 467 g/mol. The first kappa shape index (κ1) is 24.2. The van der Waals surface area contributed by atoms with Crippen LogP contribution >= 0.6 is 0 Å². The van der Waals surface area contributed by atoms with E-state index in [0.29, 0.717) is 22.6 Å². The van der Waals surface area contributed by atoms with Gasteiger partial charge in [0.15, 0.2) is 5.78 Å². The van der Waals surface area contributed by atoms with Crippen LogP contribution in [0.15, 0.2) is 83.8 Å². The second-order valence-corrected chi connectivity index (χ2v) is 9.51. The van der Waals surface area contributed by atoms with Crippen LogP contribution in [-0.2, 0) is 14.8 Å². The van der Waals surface area contributed by atoms with Crippen molar-refractivity contribution < 1.29 is 22.7 Å². The maximum atomic E-state index is 13.3. The summed E-state index contributed by atoms with van der Waals surface area (Å²) in [7, 11) is -0.859. The first-order valence-electron chi connectivity index (χ1n) is 10.3. The summed E-state index contributed by atoms with van der Waals surface area (Å²) in [6.07, 6.45) is -0.126. The Morgan fingerprint density at radius 2 is 1.64 bits per heavy atom. The predicted octanol–water partition coefficient (Wildman–Crippen LogP) is 4.29. The lowest BCUT2D eigenvalue weighted by atomic mass is 10.0. The van der Waals surface area contributed by atoms with Crippen molar-refractivity contribution in [2.24, 2.45) is 0 Å². The third-order valence-corrected chi connectivity index (χ3v) is 7.17. The van der Waals surface area contributed by atoms with Gasteiger partial charge in [0.05, 0.1) is 18.0 Å². The number of sulfonamides is 1. The van der Waals surface area contributed by atoms with Gasteiger partial charge < -0.3 is 10.1 Å². The summed E-state index contributed by atoms with van der Waals surface area (Å²) in [5.41, 5.74) is 1.59. The molecule has 33 heavy (non-hydrogen) atoms. The second kappa shape index (κ2) is 10.4. The van der Waals surface area contributed by atoms with Crippen LogP contribution in [0.1, 0.15) is 35.3 Å². The fourth-order valence-corrected chi connectivity index (χ4v) is 4.78. The Balaban J connectivity index is 1.90. The molecular formula is C25H26N2O5S. The van der Waals surface area contributed by atoms with E-state index in [4.69, 9.17) is 4.74 Å². The van der Waals surface area contributed by atoms with E-state index in [2.05, 4.69) is 5.32 Å². The molecule has 0 unspecified atom stereocenters. The fraction of sp³-hybridized carbons (Fsp3) is 0.200. The Hall–Kier alpha value is -3.49. The molecule has 0 aliphatic heterocycles. The molecular weight excluding hydrogens is 440 g/mol. The van der Waals surface area contributed by atoms with Crippen molar-refractivity contribution >= 4 is 27.4 Å². The van der Waals surface area contributed by atoms with Crippen molar-refractivity contribution in [1.82, 2.24) is 4.31 Å². The highest BCUT2D eigenvalue weighted by Crippen LogP contribution is 2.30. The third-order valence-electron chi connectivity index (χ3n) is 5.29. The number of nitrogens with zero attached hydrogens (tertiary/aromatic N) is 1. The molecule has 0 fully saturated rings. The van der Waals surface area contributed by atoms with E-state index < -0.39 is 16.1 Å². The van der Waals surface area contributed by atoms with Crippen molar-refractivity contribution in [3.63, 3.8) is 0 Å². The van der Waals surface area contributed by atoms with Gasteiger partial charge in [0.25, 0.3) is 0 Å². The minimum atomic E-state index is -3.86. The first-order valence-corrected chi connectivity index (χ1v) is 11.7. The maximum absolute atomic E-state index is 13.3. The number of ether oxygens (including phenoxy) is 1. The molecule has 0 bridgehead atoms. The molecule has 0 saturated carbocycles. The zero-order chi connectivity index (χ0) is 24.0. The van der Waals surface area contributed by atoms with Gasteiger partial charge in [-0.1, -0.05) is 42.5 Å². The molecule has 7 nitrogen and oxygen atoms in total. The van der Waals surface area contributed by atoms with Gasteiger partial charge in [-0.15, -0.1) is 0 Å². The van der Waals surface area contributed by atoms with Crippen LogP contribution in [-0.4, -0.2) is 38.6 Å². The molecule has 172 valence electrons. The van der Waals surface area contributed by atoms with Crippen LogP contribution < -0.4 is 10.1 Å². The molecule has 0 radical (unpaired) electrons. The normalized spacial score (nSPS) is 12.2. The average Bonchev–Trinajstić information content (AvgIpc) is 2.83. The van der Waals surface area contributed by atoms with Crippen LogP contribution in [0.2, 0.25) is 0 Å². The minimum Gasteiger partial charge on any atom is -0.497 e. The van der Waals surface area contributed by atoms with E-state index in [9.17, 15) is 18.0 Å². The van der Waals surface area contributed by atoms with Crippen LogP contribution in [0.5, 0.6) is 5.75 Å². The van der Waals surface area contributed by atoms with Crippen molar-refractivity contribution in [2.75, 3.05) is 19.5 Å². The lowest BCUT2D eigenvalue weighted by Gasteiger charge is -2.28. The van der Waals surface area contributed by atoms with Gasteiger partial charge in [-0.3, -0.25) is 9.59 Å². The molecule has 0 aliphatic carbocycles. The van der Waals surface area contributed by atoms with E-state index >= 15 is 0 Å². The molecule has 3 aromatic carbocycles. The van der Waals surface area contributed by atoms with Crippen LogP contribution in [0, 0.1) is 0 Å². The number of carbonyl (C=O) groups is 2. The maximum Gasteiger partial charge on any atom is 0.243 e. The lowest BCUT2D eigenvalue weighted by Crippen LogP contribution is -2.33. The highest BCUT2D eigenvalue weighted by Gasteiger charge is 2.31. The quantitative estimate of drug-likeness (QED) is 0.475. The van der Waals surface area contributed by atoms with Gasteiger partial charge in [-0.2, -0.15) is 4.31 Å². The molecule has 0 spiro atoms. The summed E-state index contributed by atoms with van der Waals surface area (Å²) in [5, 5.41) is 2.77. The van der Waals surface area contributed by atoms with Crippen LogP contribution in [0.3, 0.4) is 0 Å². The number of anilines is 1. The molecule has 1 atom stereocenters. The third kappa shape index (κ3) is 5.85. The van der Waals surface area contributed by atoms with Crippen molar-refractivity contribution in [2.45, 2.75) is 24.3 Å². The Bertz CT molecular complexity index is 1230. The van der Waals surface area contributed by atoms with Gasteiger partial charge in [-0.05, 0) is 48.9 Å². The Morgan fingerprint density at radius 1 is 0.970 bits per heavy atom. The lowest BCUT2D eigenvalue weighted by molar-refractivity contribution is -0.117. The predicted molar refractivity (Wildman–Crippen MR) is 127 cm³/mol. The second-order valence-electron chi connectivity index (χ2n) is 7.51. The molecule has 0 saturated heterocycles.